The number of halogens is 1. The van der Waals surface area contributed by atoms with Crippen molar-refractivity contribution in [2.45, 2.75) is 33.1 Å². The Kier molecular flexibility index (Phi) is 8.21. The van der Waals surface area contributed by atoms with E-state index in [-0.39, 0.29) is 17.8 Å². The molecule has 4 rings (SSSR count). The maximum Gasteiger partial charge on any atom is 0.324 e. The average Bonchev–Trinajstić information content (AvgIpc) is 3.28. The van der Waals surface area contributed by atoms with Gasteiger partial charge in [0.2, 0.25) is 5.88 Å². The highest BCUT2D eigenvalue weighted by Crippen LogP contribution is 2.36. The molecular weight excluding hydrogens is 486 g/mol. The Labute approximate surface area is 214 Å². The molecule has 2 aromatic carbocycles. The van der Waals surface area contributed by atoms with Crippen molar-refractivity contribution in [2.24, 2.45) is 0 Å². The number of ether oxygens (including phenoxy) is 3. The fourth-order valence-corrected chi connectivity index (χ4v) is 3.26. The SMILES string of the molecule is CCOc1cc2c(Oc3cccc(NC(=O)Nc4cc(C(C)(C)C)on4)c3)ncnc2cc1OC.Cl. The van der Waals surface area contributed by atoms with Crippen molar-refractivity contribution >= 4 is 40.8 Å². The first kappa shape index (κ1) is 26.6. The molecule has 0 aliphatic carbocycles. The van der Waals surface area contributed by atoms with Crippen molar-refractivity contribution in [3.63, 3.8) is 0 Å². The van der Waals surface area contributed by atoms with Crippen LogP contribution in [0.4, 0.5) is 16.3 Å². The van der Waals surface area contributed by atoms with E-state index in [0.717, 1.165) is 0 Å². The summed E-state index contributed by atoms with van der Waals surface area (Å²) in [4.78, 5) is 21.0. The van der Waals surface area contributed by atoms with Crippen LogP contribution >= 0.6 is 12.4 Å². The molecule has 11 heteroatoms. The van der Waals surface area contributed by atoms with Crippen LogP contribution in [0.3, 0.4) is 0 Å². The number of aromatic nitrogens is 3. The zero-order valence-corrected chi connectivity index (χ0v) is 21.4. The summed E-state index contributed by atoms with van der Waals surface area (Å²) in [6.07, 6.45) is 1.41. The third-order valence-corrected chi connectivity index (χ3v) is 4.98. The number of amides is 2. The maximum absolute atomic E-state index is 12.5. The lowest BCUT2D eigenvalue weighted by molar-refractivity contribution is 0.262. The quantitative estimate of drug-likeness (QED) is 0.300. The smallest absolute Gasteiger partial charge is 0.324 e. The predicted molar refractivity (Wildman–Crippen MR) is 139 cm³/mol. The van der Waals surface area contributed by atoms with Gasteiger partial charge >= 0.3 is 6.03 Å². The zero-order chi connectivity index (χ0) is 25.0. The summed E-state index contributed by atoms with van der Waals surface area (Å²) in [5.74, 6) is 2.96. The molecule has 2 amide bonds. The summed E-state index contributed by atoms with van der Waals surface area (Å²) in [6.45, 7) is 8.37. The van der Waals surface area contributed by atoms with Gasteiger partial charge in [0.15, 0.2) is 17.3 Å². The van der Waals surface area contributed by atoms with Gasteiger partial charge in [0, 0.05) is 29.3 Å². The van der Waals surface area contributed by atoms with Crippen molar-refractivity contribution in [3.8, 4) is 23.1 Å². The molecule has 2 aromatic heterocycles. The Morgan fingerprint density at radius 2 is 1.86 bits per heavy atom. The molecule has 2 N–H and O–H groups in total. The molecule has 0 aliphatic rings. The number of hydrogen-bond donors (Lipinski definition) is 2. The first-order valence-electron chi connectivity index (χ1n) is 11.1. The van der Waals surface area contributed by atoms with E-state index in [1.54, 1.807) is 49.6 Å². The van der Waals surface area contributed by atoms with E-state index >= 15 is 0 Å². The second-order valence-corrected chi connectivity index (χ2v) is 8.67. The van der Waals surface area contributed by atoms with Gasteiger partial charge in [-0.2, -0.15) is 0 Å². The number of fused-ring (bicyclic) bond motifs is 1. The number of nitrogens with zero attached hydrogens (tertiary/aromatic N) is 3. The molecule has 0 unspecified atom stereocenters. The molecule has 0 spiro atoms. The standard InChI is InChI=1S/C25H27N5O5.ClH/c1-6-33-20-11-17-18(12-19(20)32-5)26-14-27-23(17)34-16-9-7-8-15(10-16)28-24(31)29-22-13-21(35-30-22)25(2,3)4;/h7-14H,6H2,1-5H3,(H2,28,29,30,31);1H. The Bertz CT molecular complexity index is 1350. The lowest BCUT2D eigenvalue weighted by Crippen LogP contribution is -2.19. The highest BCUT2D eigenvalue weighted by Gasteiger charge is 2.20. The number of benzene rings is 2. The highest BCUT2D eigenvalue weighted by atomic mass is 35.5. The Morgan fingerprint density at radius 3 is 2.56 bits per heavy atom. The average molecular weight is 514 g/mol. The maximum atomic E-state index is 12.5. The number of methoxy groups -OCH3 is 1. The van der Waals surface area contributed by atoms with Crippen LogP contribution in [0.5, 0.6) is 23.1 Å². The van der Waals surface area contributed by atoms with E-state index in [0.29, 0.717) is 57.9 Å². The monoisotopic (exact) mass is 513 g/mol. The molecular formula is C25H28ClN5O5. The third-order valence-electron chi connectivity index (χ3n) is 4.98. The van der Waals surface area contributed by atoms with E-state index in [4.69, 9.17) is 18.7 Å². The normalized spacial score (nSPS) is 10.9. The largest absolute Gasteiger partial charge is 0.493 e. The lowest BCUT2D eigenvalue weighted by atomic mass is 9.93. The molecule has 0 radical (unpaired) electrons. The van der Waals surface area contributed by atoms with Gasteiger partial charge in [0.1, 0.15) is 17.8 Å². The van der Waals surface area contributed by atoms with Crippen molar-refractivity contribution in [3.05, 3.63) is 54.6 Å². The Hall–Kier alpha value is -4.05. The summed E-state index contributed by atoms with van der Waals surface area (Å²) in [6, 6.07) is 11.7. The number of anilines is 2. The van der Waals surface area contributed by atoms with Crippen LogP contribution in [0.15, 0.2) is 53.3 Å². The van der Waals surface area contributed by atoms with Crippen LogP contribution in [0.2, 0.25) is 0 Å². The molecule has 0 saturated carbocycles. The molecule has 0 atom stereocenters. The van der Waals surface area contributed by atoms with E-state index in [1.807, 2.05) is 27.7 Å². The summed E-state index contributed by atoms with van der Waals surface area (Å²) in [5.41, 5.74) is 0.954. The van der Waals surface area contributed by atoms with Crippen LogP contribution in [-0.4, -0.2) is 34.9 Å². The second kappa shape index (κ2) is 11.1. The molecule has 10 nitrogen and oxygen atoms in total. The molecule has 4 aromatic rings. The minimum Gasteiger partial charge on any atom is -0.493 e. The van der Waals surface area contributed by atoms with Crippen LogP contribution in [-0.2, 0) is 5.41 Å². The van der Waals surface area contributed by atoms with Crippen LogP contribution < -0.4 is 24.8 Å². The van der Waals surface area contributed by atoms with Gasteiger partial charge in [-0.05, 0) is 25.1 Å². The molecule has 2 heterocycles. The van der Waals surface area contributed by atoms with Crippen LogP contribution in [0.25, 0.3) is 10.9 Å². The fraction of sp³-hybridized carbons (Fsp3) is 0.280. The molecule has 0 bridgehead atoms. The third kappa shape index (κ3) is 6.14. The zero-order valence-electron chi connectivity index (χ0n) is 20.6. The van der Waals surface area contributed by atoms with Gasteiger partial charge in [-0.15, -0.1) is 12.4 Å². The molecule has 190 valence electrons. The minimum atomic E-state index is -0.461. The van der Waals surface area contributed by atoms with Gasteiger partial charge in [-0.3, -0.25) is 5.32 Å². The van der Waals surface area contributed by atoms with Gasteiger partial charge in [-0.1, -0.05) is 32.0 Å². The molecule has 0 fully saturated rings. The van der Waals surface area contributed by atoms with Gasteiger partial charge in [-0.25, -0.2) is 14.8 Å². The lowest BCUT2D eigenvalue weighted by Gasteiger charge is -2.13. The highest BCUT2D eigenvalue weighted by molar-refractivity contribution is 5.99. The fourth-order valence-electron chi connectivity index (χ4n) is 3.26. The molecule has 36 heavy (non-hydrogen) atoms. The first-order valence-corrected chi connectivity index (χ1v) is 11.1. The van der Waals surface area contributed by atoms with Crippen LogP contribution in [0, 0.1) is 0 Å². The first-order chi connectivity index (χ1) is 16.8. The number of urea groups is 1. The van der Waals surface area contributed by atoms with Gasteiger partial charge in [0.05, 0.1) is 24.6 Å². The second-order valence-electron chi connectivity index (χ2n) is 8.67. The number of carbonyl (C=O) groups is 1. The Balaban J connectivity index is 0.00000361. The topological polar surface area (TPSA) is 121 Å². The number of nitrogens with one attached hydrogen (secondary N) is 2. The van der Waals surface area contributed by atoms with E-state index in [1.165, 1.54) is 6.33 Å². The number of rotatable bonds is 7. The van der Waals surface area contributed by atoms with E-state index in [2.05, 4.69) is 25.8 Å². The van der Waals surface area contributed by atoms with Crippen molar-refractivity contribution in [1.29, 1.82) is 0 Å². The number of carbonyl (C=O) groups excluding carboxylic acids is 1. The summed E-state index contributed by atoms with van der Waals surface area (Å²) >= 11 is 0. The summed E-state index contributed by atoms with van der Waals surface area (Å²) in [7, 11) is 1.57. The Morgan fingerprint density at radius 1 is 1.06 bits per heavy atom. The minimum absolute atomic E-state index is 0. The van der Waals surface area contributed by atoms with E-state index < -0.39 is 6.03 Å². The summed E-state index contributed by atoms with van der Waals surface area (Å²) in [5, 5.41) is 9.98. The summed E-state index contributed by atoms with van der Waals surface area (Å²) < 4.78 is 22.4. The predicted octanol–water partition coefficient (Wildman–Crippen LogP) is 6.18. The molecule has 0 aliphatic heterocycles. The van der Waals surface area contributed by atoms with Gasteiger partial charge < -0.3 is 24.1 Å². The van der Waals surface area contributed by atoms with Crippen LogP contribution in [0.1, 0.15) is 33.5 Å². The van der Waals surface area contributed by atoms with Gasteiger partial charge in [0.25, 0.3) is 0 Å². The number of hydrogen-bond acceptors (Lipinski definition) is 8. The van der Waals surface area contributed by atoms with E-state index in [9.17, 15) is 4.79 Å². The van der Waals surface area contributed by atoms with Crippen molar-refractivity contribution in [2.75, 3.05) is 24.4 Å². The van der Waals surface area contributed by atoms with Crippen molar-refractivity contribution in [1.82, 2.24) is 15.1 Å². The van der Waals surface area contributed by atoms with Crippen molar-refractivity contribution < 1.29 is 23.5 Å². The molecule has 0 saturated heterocycles.